The van der Waals surface area contributed by atoms with Gasteiger partial charge in [0.1, 0.15) is 0 Å². The molecule has 88 valence electrons. The van der Waals surface area contributed by atoms with Crippen molar-refractivity contribution in [2.45, 2.75) is 19.8 Å². The molecule has 0 atom stereocenters. The van der Waals surface area contributed by atoms with E-state index in [0.717, 1.165) is 23.4 Å². The van der Waals surface area contributed by atoms with E-state index < -0.39 is 0 Å². The molecule has 1 saturated carbocycles. The van der Waals surface area contributed by atoms with Gasteiger partial charge in [0, 0.05) is 10.7 Å². The molecule has 0 bridgehead atoms. The summed E-state index contributed by atoms with van der Waals surface area (Å²) in [4.78, 5) is 0. The van der Waals surface area contributed by atoms with Gasteiger partial charge in [-0.25, -0.2) is 0 Å². The highest BCUT2D eigenvalue weighted by atomic mass is 79.9. The Kier molecular flexibility index (Phi) is 3.74. The molecule has 0 radical (unpaired) electrons. The maximum atomic E-state index is 5.85. The van der Waals surface area contributed by atoms with Crippen LogP contribution in [0.15, 0.2) is 24.3 Å². The quantitative estimate of drug-likeness (QED) is 0.743. The number of hydrogen-bond acceptors (Lipinski definition) is 2. The van der Waals surface area contributed by atoms with Gasteiger partial charge in [0.15, 0.2) is 11.5 Å². The number of ether oxygens (including phenoxy) is 2. The maximum Gasteiger partial charge on any atom is 0.161 e. The molecule has 3 heteroatoms. The SMILES string of the molecule is CCOc1ccccc1OCC1(CBr)CC1. The number of alkyl halides is 1. The van der Waals surface area contributed by atoms with Crippen molar-refractivity contribution in [3.63, 3.8) is 0 Å². The second-order valence-electron chi connectivity index (χ2n) is 4.30. The van der Waals surface area contributed by atoms with E-state index in [0.29, 0.717) is 12.0 Å². The Bertz CT molecular complexity index is 348. The Labute approximate surface area is 105 Å². The highest BCUT2D eigenvalue weighted by Gasteiger charge is 2.42. The third kappa shape index (κ3) is 2.70. The van der Waals surface area contributed by atoms with Crippen LogP contribution in [0.4, 0.5) is 0 Å². The summed E-state index contributed by atoms with van der Waals surface area (Å²) >= 11 is 3.54. The summed E-state index contributed by atoms with van der Waals surface area (Å²) in [6, 6.07) is 7.86. The monoisotopic (exact) mass is 284 g/mol. The molecular formula is C13H17BrO2. The minimum Gasteiger partial charge on any atom is -0.490 e. The third-order valence-electron chi connectivity index (χ3n) is 2.92. The fourth-order valence-corrected chi connectivity index (χ4v) is 2.29. The van der Waals surface area contributed by atoms with Crippen molar-refractivity contribution in [3.05, 3.63) is 24.3 Å². The molecule has 2 rings (SSSR count). The Balaban J connectivity index is 1.97. The first-order valence-corrected chi connectivity index (χ1v) is 6.82. The highest BCUT2D eigenvalue weighted by molar-refractivity contribution is 9.09. The number of benzene rings is 1. The molecule has 0 aromatic heterocycles. The zero-order chi connectivity index (χ0) is 11.4. The molecule has 0 amide bonds. The van der Waals surface area contributed by atoms with Crippen LogP contribution in [0, 0.1) is 5.41 Å². The van der Waals surface area contributed by atoms with Gasteiger partial charge < -0.3 is 9.47 Å². The van der Waals surface area contributed by atoms with Crippen LogP contribution in [0.2, 0.25) is 0 Å². The van der Waals surface area contributed by atoms with Crippen molar-refractivity contribution in [3.8, 4) is 11.5 Å². The third-order valence-corrected chi connectivity index (χ3v) is 4.11. The summed E-state index contributed by atoms with van der Waals surface area (Å²) in [7, 11) is 0. The first-order valence-electron chi connectivity index (χ1n) is 5.70. The van der Waals surface area contributed by atoms with Gasteiger partial charge in [-0.3, -0.25) is 0 Å². The zero-order valence-electron chi connectivity index (χ0n) is 9.54. The standard InChI is InChI=1S/C13H17BrO2/c1-2-15-11-5-3-4-6-12(11)16-10-13(9-14)7-8-13/h3-6H,2,7-10H2,1H3. The summed E-state index contributed by atoms with van der Waals surface area (Å²) in [6.45, 7) is 3.43. The van der Waals surface area contributed by atoms with Crippen LogP contribution < -0.4 is 9.47 Å². The van der Waals surface area contributed by atoms with Crippen LogP contribution in [0.25, 0.3) is 0 Å². The molecule has 0 unspecified atom stereocenters. The van der Waals surface area contributed by atoms with E-state index in [2.05, 4.69) is 15.9 Å². The molecular weight excluding hydrogens is 268 g/mol. The lowest BCUT2D eigenvalue weighted by molar-refractivity contribution is 0.233. The first kappa shape index (κ1) is 11.8. The lowest BCUT2D eigenvalue weighted by Gasteiger charge is -2.15. The normalized spacial score (nSPS) is 16.9. The van der Waals surface area contributed by atoms with E-state index in [1.54, 1.807) is 0 Å². The lowest BCUT2D eigenvalue weighted by Crippen LogP contribution is -2.14. The molecule has 16 heavy (non-hydrogen) atoms. The van der Waals surface area contributed by atoms with E-state index in [-0.39, 0.29) is 0 Å². The van der Waals surface area contributed by atoms with E-state index in [4.69, 9.17) is 9.47 Å². The van der Waals surface area contributed by atoms with Gasteiger partial charge in [-0.15, -0.1) is 0 Å². The average Bonchev–Trinajstić information content (AvgIpc) is 3.09. The van der Waals surface area contributed by atoms with E-state index in [1.807, 2.05) is 31.2 Å². The van der Waals surface area contributed by atoms with Gasteiger partial charge in [0.25, 0.3) is 0 Å². The van der Waals surface area contributed by atoms with Gasteiger partial charge in [0.2, 0.25) is 0 Å². The van der Waals surface area contributed by atoms with Crippen molar-refractivity contribution in [1.82, 2.24) is 0 Å². The van der Waals surface area contributed by atoms with Crippen LogP contribution in [-0.4, -0.2) is 18.5 Å². The predicted octanol–water partition coefficient (Wildman–Crippen LogP) is 3.64. The first-order chi connectivity index (χ1) is 7.79. The van der Waals surface area contributed by atoms with Gasteiger partial charge in [-0.05, 0) is 31.9 Å². The second-order valence-corrected chi connectivity index (χ2v) is 4.86. The van der Waals surface area contributed by atoms with Crippen LogP contribution in [-0.2, 0) is 0 Å². The topological polar surface area (TPSA) is 18.5 Å². The van der Waals surface area contributed by atoms with Crippen molar-refractivity contribution in [2.75, 3.05) is 18.5 Å². The average molecular weight is 285 g/mol. The molecule has 1 aromatic rings. The fourth-order valence-electron chi connectivity index (χ4n) is 1.57. The number of rotatable bonds is 6. The minimum atomic E-state index is 0.374. The Hall–Kier alpha value is -0.700. The summed E-state index contributed by atoms with van der Waals surface area (Å²) in [6.07, 6.45) is 2.52. The van der Waals surface area contributed by atoms with Crippen molar-refractivity contribution in [2.24, 2.45) is 5.41 Å². The van der Waals surface area contributed by atoms with Crippen molar-refractivity contribution < 1.29 is 9.47 Å². The Morgan fingerprint density at radius 2 is 1.81 bits per heavy atom. The molecule has 0 spiro atoms. The summed E-state index contributed by atoms with van der Waals surface area (Å²) in [5.41, 5.74) is 0.374. The molecule has 0 N–H and O–H groups in total. The molecule has 2 nitrogen and oxygen atoms in total. The number of para-hydroxylation sites is 2. The van der Waals surface area contributed by atoms with Crippen molar-refractivity contribution >= 4 is 15.9 Å². The maximum absolute atomic E-state index is 5.85. The van der Waals surface area contributed by atoms with Gasteiger partial charge in [0.05, 0.1) is 13.2 Å². The fraction of sp³-hybridized carbons (Fsp3) is 0.538. The van der Waals surface area contributed by atoms with Crippen LogP contribution >= 0.6 is 15.9 Å². The highest BCUT2D eigenvalue weighted by Crippen LogP contribution is 2.47. The molecule has 1 fully saturated rings. The van der Waals surface area contributed by atoms with Crippen LogP contribution in [0.5, 0.6) is 11.5 Å². The molecule has 1 aliphatic rings. The number of hydrogen-bond donors (Lipinski definition) is 0. The van der Waals surface area contributed by atoms with Crippen LogP contribution in [0.3, 0.4) is 0 Å². The van der Waals surface area contributed by atoms with Gasteiger partial charge in [-0.1, -0.05) is 28.1 Å². The van der Waals surface area contributed by atoms with E-state index >= 15 is 0 Å². The molecule has 0 saturated heterocycles. The minimum absolute atomic E-state index is 0.374. The Morgan fingerprint density at radius 1 is 1.19 bits per heavy atom. The molecule has 0 aliphatic heterocycles. The Morgan fingerprint density at radius 3 is 2.31 bits per heavy atom. The number of halogens is 1. The largest absolute Gasteiger partial charge is 0.490 e. The van der Waals surface area contributed by atoms with E-state index in [9.17, 15) is 0 Å². The summed E-state index contributed by atoms with van der Waals surface area (Å²) < 4.78 is 11.4. The molecule has 1 aromatic carbocycles. The molecule has 1 aliphatic carbocycles. The lowest BCUT2D eigenvalue weighted by atomic mass is 10.2. The van der Waals surface area contributed by atoms with E-state index in [1.165, 1.54) is 12.8 Å². The second kappa shape index (κ2) is 5.09. The van der Waals surface area contributed by atoms with Crippen LogP contribution in [0.1, 0.15) is 19.8 Å². The smallest absolute Gasteiger partial charge is 0.161 e. The summed E-state index contributed by atoms with van der Waals surface area (Å²) in [5.74, 6) is 1.70. The molecule has 0 heterocycles. The van der Waals surface area contributed by atoms with Crippen molar-refractivity contribution in [1.29, 1.82) is 0 Å². The van der Waals surface area contributed by atoms with Gasteiger partial charge in [-0.2, -0.15) is 0 Å². The van der Waals surface area contributed by atoms with Gasteiger partial charge >= 0.3 is 0 Å². The zero-order valence-corrected chi connectivity index (χ0v) is 11.1. The predicted molar refractivity (Wildman–Crippen MR) is 68.6 cm³/mol. The summed E-state index contributed by atoms with van der Waals surface area (Å²) in [5, 5.41) is 1.02.